The highest BCUT2D eigenvalue weighted by atomic mass is 35.5. The Hall–Kier alpha value is -1.52. The zero-order chi connectivity index (χ0) is 17.1. The smallest absolute Gasteiger partial charge is 0.118 e. The number of hydrogen-bond acceptors (Lipinski definition) is 3. The van der Waals surface area contributed by atoms with E-state index in [-0.39, 0.29) is 0 Å². The molecule has 23 heavy (non-hydrogen) atoms. The molecule has 128 valence electrons. The van der Waals surface area contributed by atoms with E-state index < -0.39 is 0 Å². The van der Waals surface area contributed by atoms with Crippen molar-refractivity contribution in [2.24, 2.45) is 16.6 Å². The molecule has 4 nitrogen and oxygen atoms in total. The van der Waals surface area contributed by atoms with E-state index in [0.29, 0.717) is 17.6 Å². The molecule has 0 aromatic heterocycles. The molecule has 0 aromatic carbocycles. The first-order valence-corrected chi connectivity index (χ1v) is 8.45. The van der Waals surface area contributed by atoms with Gasteiger partial charge >= 0.3 is 0 Å². The van der Waals surface area contributed by atoms with E-state index in [1.54, 1.807) is 13.1 Å². The van der Waals surface area contributed by atoms with E-state index in [2.05, 4.69) is 16.9 Å². The summed E-state index contributed by atoms with van der Waals surface area (Å²) >= 11 is 5.96. The summed E-state index contributed by atoms with van der Waals surface area (Å²) in [5, 5.41) is 3.36. The number of rotatable bonds is 8. The van der Waals surface area contributed by atoms with Crippen LogP contribution in [0, 0.1) is 5.92 Å². The molecule has 1 saturated heterocycles. The summed E-state index contributed by atoms with van der Waals surface area (Å²) in [7, 11) is 1.66. The Labute approximate surface area is 144 Å². The molecular weight excluding hydrogens is 310 g/mol. The molecule has 1 heterocycles. The van der Waals surface area contributed by atoms with Crippen LogP contribution in [0.5, 0.6) is 0 Å². The van der Waals surface area contributed by atoms with Gasteiger partial charge in [0.05, 0.1) is 0 Å². The molecule has 0 radical (unpaired) electrons. The molecule has 1 fully saturated rings. The van der Waals surface area contributed by atoms with Crippen LogP contribution in [0.1, 0.15) is 19.8 Å². The minimum absolute atomic E-state index is 0.398. The number of alkyl halides is 1. The van der Waals surface area contributed by atoms with Gasteiger partial charge in [-0.15, -0.1) is 11.6 Å². The first kappa shape index (κ1) is 19.5. The van der Waals surface area contributed by atoms with Gasteiger partial charge in [-0.25, -0.2) is 0 Å². The molecule has 0 unspecified atom stereocenters. The zero-order valence-electron chi connectivity index (χ0n) is 14.1. The molecule has 1 aliphatic heterocycles. The monoisotopic (exact) mass is 337 g/mol. The second-order valence-corrected chi connectivity index (χ2v) is 5.89. The summed E-state index contributed by atoms with van der Waals surface area (Å²) in [6.07, 6.45) is 9.96. The number of allylic oxidation sites excluding steroid dienone is 5. The van der Waals surface area contributed by atoms with Crippen molar-refractivity contribution in [3.8, 4) is 0 Å². The number of nitrogens with one attached hydrogen (secondary N) is 1. The summed E-state index contributed by atoms with van der Waals surface area (Å²) in [4.78, 5) is 3.92. The minimum atomic E-state index is 0.398. The highest BCUT2D eigenvalue weighted by molar-refractivity contribution is 6.20. The van der Waals surface area contributed by atoms with E-state index in [4.69, 9.17) is 22.1 Å². The Morgan fingerprint density at radius 3 is 2.74 bits per heavy atom. The maximum absolute atomic E-state index is 5.96. The number of ether oxygens (including phenoxy) is 1. The average Bonchev–Trinajstić information content (AvgIpc) is 2.58. The third-order valence-electron chi connectivity index (χ3n) is 3.83. The molecule has 0 bridgehead atoms. The highest BCUT2D eigenvalue weighted by Crippen LogP contribution is 2.14. The average molecular weight is 338 g/mol. The highest BCUT2D eigenvalue weighted by Gasteiger charge is 2.12. The quantitative estimate of drug-likeness (QED) is 0.309. The third kappa shape index (κ3) is 8.05. The van der Waals surface area contributed by atoms with Gasteiger partial charge in [0.2, 0.25) is 0 Å². The molecule has 0 aliphatic carbocycles. The Kier molecular flexibility index (Phi) is 9.41. The van der Waals surface area contributed by atoms with Crippen molar-refractivity contribution in [2.45, 2.75) is 19.8 Å². The molecule has 1 aliphatic rings. The fourth-order valence-electron chi connectivity index (χ4n) is 2.20. The second-order valence-electron chi connectivity index (χ2n) is 5.62. The van der Waals surface area contributed by atoms with Crippen molar-refractivity contribution in [1.29, 1.82) is 0 Å². The van der Waals surface area contributed by atoms with Gasteiger partial charge in [-0.1, -0.05) is 18.7 Å². The lowest BCUT2D eigenvalue weighted by atomic mass is 10.0. The standard InChI is InChI=1S/C18H28ClN3O/c1-14(17(12-19)11-18(20)21-3)5-4-6-15(2)22-13-16-7-9-23-10-8-16/h4-6,11,16,22H,2,7-10,12-13H2,1,3H3,(H2,20,21)/b6-4-,14-5+,17-11+. The van der Waals surface area contributed by atoms with Crippen LogP contribution in [0.4, 0.5) is 0 Å². The SMILES string of the molecule is C=C(\C=C/C=C(C)/C(=C/C(N)=NC)CCl)NCC1CCOCC1. The van der Waals surface area contributed by atoms with E-state index in [1.165, 1.54) is 0 Å². The number of nitrogens with two attached hydrogens (primary N) is 1. The Morgan fingerprint density at radius 1 is 1.43 bits per heavy atom. The fraction of sp³-hybridized carbons (Fsp3) is 0.500. The molecule has 3 N–H and O–H groups in total. The number of hydrogen-bond donors (Lipinski definition) is 2. The Bertz CT molecular complexity index is 500. The van der Waals surface area contributed by atoms with E-state index in [9.17, 15) is 0 Å². The lowest BCUT2D eigenvalue weighted by Crippen LogP contribution is -2.26. The molecule has 0 aromatic rings. The van der Waals surface area contributed by atoms with Crippen molar-refractivity contribution >= 4 is 17.4 Å². The van der Waals surface area contributed by atoms with Crippen molar-refractivity contribution in [3.63, 3.8) is 0 Å². The molecule has 0 amide bonds. The van der Waals surface area contributed by atoms with Crippen LogP contribution >= 0.6 is 11.6 Å². The number of amidine groups is 1. The topological polar surface area (TPSA) is 59.6 Å². The van der Waals surface area contributed by atoms with Crippen LogP contribution in [0.3, 0.4) is 0 Å². The molecule has 1 rings (SSSR count). The number of halogens is 1. The van der Waals surface area contributed by atoms with Gasteiger partial charge in [0, 0.05) is 38.4 Å². The Balaban J connectivity index is 2.48. The van der Waals surface area contributed by atoms with Gasteiger partial charge in [-0.2, -0.15) is 0 Å². The van der Waals surface area contributed by atoms with Gasteiger partial charge in [0.15, 0.2) is 0 Å². The normalized spacial score (nSPS) is 18.5. The lowest BCUT2D eigenvalue weighted by molar-refractivity contribution is 0.0671. The van der Waals surface area contributed by atoms with Crippen molar-refractivity contribution < 1.29 is 4.74 Å². The van der Waals surface area contributed by atoms with Crippen LogP contribution in [-0.2, 0) is 4.74 Å². The second kappa shape index (κ2) is 11.1. The van der Waals surface area contributed by atoms with Crippen LogP contribution in [0.2, 0.25) is 0 Å². The largest absolute Gasteiger partial charge is 0.385 e. The number of aliphatic imine (C=N–C) groups is 1. The van der Waals surface area contributed by atoms with E-state index >= 15 is 0 Å². The predicted octanol–water partition coefficient (Wildman–Crippen LogP) is 3.17. The maximum atomic E-state index is 5.96. The van der Waals surface area contributed by atoms with Crippen molar-refractivity contribution in [1.82, 2.24) is 5.32 Å². The van der Waals surface area contributed by atoms with Gasteiger partial charge in [0.1, 0.15) is 5.84 Å². The van der Waals surface area contributed by atoms with Crippen LogP contribution in [0.15, 0.2) is 52.7 Å². The fourth-order valence-corrected chi connectivity index (χ4v) is 2.49. The molecule has 5 heteroatoms. The summed E-state index contributed by atoms with van der Waals surface area (Å²) in [5.74, 6) is 1.54. The number of nitrogens with zero attached hydrogens (tertiary/aromatic N) is 1. The summed E-state index contributed by atoms with van der Waals surface area (Å²) in [6, 6.07) is 0. The van der Waals surface area contributed by atoms with Crippen LogP contribution in [-0.4, -0.2) is 38.5 Å². The molecule has 0 spiro atoms. The van der Waals surface area contributed by atoms with Crippen LogP contribution < -0.4 is 11.1 Å². The van der Waals surface area contributed by atoms with Gasteiger partial charge in [-0.3, -0.25) is 4.99 Å². The predicted molar refractivity (Wildman–Crippen MR) is 99.9 cm³/mol. The van der Waals surface area contributed by atoms with Gasteiger partial charge in [-0.05, 0) is 49.0 Å². The minimum Gasteiger partial charge on any atom is -0.385 e. The third-order valence-corrected chi connectivity index (χ3v) is 4.12. The summed E-state index contributed by atoms with van der Waals surface area (Å²) in [5.41, 5.74) is 8.63. The molecular formula is C18H28ClN3O. The lowest BCUT2D eigenvalue weighted by Gasteiger charge is -2.22. The van der Waals surface area contributed by atoms with Crippen molar-refractivity contribution in [3.05, 3.63) is 47.7 Å². The first-order valence-electron chi connectivity index (χ1n) is 7.91. The first-order chi connectivity index (χ1) is 11.1. The molecule has 0 atom stereocenters. The Morgan fingerprint density at radius 2 is 2.13 bits per heavy atom. The zero-order valence-corrected chi connectivity index (χ0v) is 14.9. The van der Waals surface area contributed by atoms with E-state index in [1.807, 2.05) is 25.2 Å². The van der Waals surface area contributed by atoms with Gasteiger partial charge in [0.25, 0.3) is 0 Å². The maximum Gasteiger partial charge on any atom is 0.118 e. The molecule has 0 saturated carbocycles. The van der Waals surface area contributed by atoms with Crippen molar-refractivity contribution in [2.75, 3.05) is 32.7 Å². The summed E-state index contributed by atoms with van der Waals surface area (Å²) in [6.45, 7) is 8.71. The van der Waals surface area contributed by atoms with Gasteiger partial charge < -0.3 is 15.8 Å². The van der Waals surface area contributed by atoms with E-state index in [0.717, 1.165) is 49.4 Å². The van der Waals surface area contributed by atoms with Crippen LogP contribution in [0.25, 0.3) is 0 Å². The summed E-state index contributed by atoms with van der Waals surface area (Å²) < 4.78 is 5.36.